The molecule has 2 amide bonds. The highest BCUT2D eigenvalue weighted by Gasteiger charge is 2.10. The number of para-hydroxylation sites is 3. The number of carbonyl (C=O) groups excluding carboxylic acids is 2. The van der Waals surface area contributed by atoms with Crippen LogP contribution in [0.1, 0.15) is 12.0 Å². The van der Waals surface area contributed by atoms with Crippen LogP contribution < -0.4 is 20.1 Å². The zero-order valence-corrected chi connectivity index (χ0v) is 14.3. The lowest BCUT2D eigenvalue weighted by Gasteiger charge is -2.13. The Morgan fingerprint density at radius 3 is 2.46 bits per heavy atom. The van der Waals surface area contributed by atoms with Crippen LogP contribution in [-0.4, -0.2) is 25.5 Å². The van der Waals surface area contributed by atoms with Crippen molar-refractivity contribution in [2.45, 2.75) is 13.0 Å². The van der Waals surface area contributed by atoms with E-state index in [2.05, 4.69) is 10.6 Å². The largest absolute Gasteiger partial charge is 0.493 e. The maximum Gasteiger partial charge on any atom is 0.262 e. The van der Waals surface area contributed by atoms with Crippen molar-refractivity contribution in [3.8, 4) is 17.6 Å². The Morgan fingerprint density at radius 1 is 1.04 bits per heavy atom. The van der Waals surface area contributed by atoms with Crippen molar-refractivity contribution < 1.29 is 19.1 Å². The number of nitrogens with zero attached hydrogens (tertiary/aromatic N) is 1. The van der Waals surface area contributed by atoms with Gasteiger partial charge in [0.15, 0.2) is 18.1 Å². The van der Waals surface area contributed by atoms with Crippen molar-refractivity contribution in [3.63, 3.8) is 0 Å². The van der Waals surface area contributed by atoms with Gasteiger partial charge in [-0.25, -0.2) is 0 Å². The quantitative estimate of drug-likeness (QED) is 0.758. The number of anilines is 1. The number of ether oxygens (including phenoxy) is 2. The third kappa shape index (κ3) is 5.53. The summed E-state index contributed by atoms with van der Waals surface area (Å²) in [7, 11) is 1.53. The number of nitriles is 1. The fourth-order valence-electron chi connectivity index (χ4n) is 2.19. The lowest BCUT2D eigenvalue weighted by molar-refractivity contribution is -0.120. The standard InChI is InChI=1S/C19H19N3O4/c1-25-16-8-4-5-9-17(16)26-13-19(24)22-15-7-3-2-6-14(15)12-21-18(23)10-11-20/h2-9H,10,12-13H2,1H3,(H,21,23)(H,22,24). The molecule has 0 spiro atoms. The van der Waals surface area contributed by atoms with Gasteiger partial charge < -0.3 is 20.1 Å². The number of benzene rings is 2. The van der Waals surface area contributed by atoms with Gasteiger partial charge in [0.05, 0.1) is 13.2 Å². The summed E-state index contributed by atoms with van der Waals surface area (Å²) in [5, 5.41) is 13.9. The van der Waals surface area contributed by atoms with Crippen molar-refractivity contribution in [2.24, 2.45) is 0 Å². The molecule has 0 bridgehead atoms. The second kappa shape index (κ2) is 9.69. The first-order valence-electron chi connectivity index (χ1n) is 7.91. The summed E-state index contributed by atoms with van der Waals surface area (Å²) in [6.07, 6.45) is -0.207. The van der Waals surface area contributed by atoms with Gasteiger partial charge in [-0.2, -0.15) is 5.26 Å². The van der Waals surface area contributed by atoms with Gasteiger partial charge in [-0.3, -0.25) is 9.59 Å². The number of nitrogens with one attached hydrogen (secondary N) is 2. The van der Waals surface area contributed by atoms with E-state index in [0.29, 0.717) is 17.2 Å². The highest BCUT2D eigenvalue weighted by molar-refractivity contribution is 5.92. The number of amides is 2. The van der Waals surface area contributed by atoms with Gasteiger partial charge in [-0.15, -0.1) is 0 Å². The predicted molar refractivity (Wildman–Crippen MR) is 95.6 cm³/mol. The van der Waals surface area contributed by atoms with Crippen molar-refractivity contribution in [1.29, 1.82) is 5.26 Å². The molecule has 0 saturated carbocycles. The molecule has 0 fully saturated rings. The molecule has 26 heavy (non-hydrogen) atoms. The molecule has 0 aliphatic rings. The molecule has 0 saturated heterocycles. The predicted octanol–water partition coefficient (Wildman–Crippen LogP) is 2.24. The van der Waals surface area contributed by atoms with Crippen LogP contribution in [0.4, 0.5) is 5.69 Å². The van der Waals surface area contributed by atoms with Crippen molar-refractivity contribution >= 4 is 17.5 Å². The third-order valence-corrected chi connectivity index (χ3v) is 3.43. The normalized spacial score (nSPS) is 9.69. The molecule has 7 heteroatoms. The van der Waals surface area contributed by atoms with Crippen molar-refractivity contribution in [1.82, 2.24) is 5.32 Å². The lowest BCUT2D eigenvalue weighted by atomic mass is 10.1. The molecule has 0 radical (unpaired) electrons. The van der Waals surface area contributed by atoms with E-state index in [1.165, 1.54) is 7.11 Å². The molecule has 0 aliphatic heterocycles. The van der Waals surface area contributed by atoms with Crippen LogP contribution >= 0.6 is 0 Å². The van der Waals surface area contributed by atoms with E-state index in [4.69, 9.17) is 14.7 Å². The number of hydrogen-bond acceptors (Lipinski definition) is 5. The molecule has 2 aromatic carbocycles. The Kier molecular flexibility index (Phi) is 7.01. The first-order valence-corrected chi connectivity index (χ1v) is 7.91. The monoisotopic (exact) mass is 353 g/mol. The fourth-order valence-corrected chi connectivity index (χ4v) is 2.19. The first-order chi connectivity index (χ1) is 12.6. The number of carbonyl (C=O) groups is 2. The van der Waals surface area contributed by atoms with E-state index in [1.807, 2.05) is 6.07 Å². The molecule has 7 nitrogen and oxygen atoms in total. The minimum absolute atomic E-state index is 0.185. The van der Waals surface area contributed by atoms with E-state index in [-0.39, 0.29) is 31.4 Å². The fraction of sp³-hybridized carbons (Fsp3) is 0.211. The highest BCUT2D eigenvalue weighted by atomic mass is 16.5. The van der Waals surface area contributed by atoms with Crippen LogP contribution in [0.25, 0.3) is 0 Å². The molecule has 2 aromatic rings. The third-order valence-electron chi connectivity index (χ3n) is 3.43. The maximum atomic E-state index is 12.2. The summed E-state index contributed by atoms with van der Waals surface area (Å²) in [6.45, 7) is 0.0276. The van der Waals surface area contributed by atoms with Gasteiger partial charge in [0, 0.05) is 12.2 Å². The zero-order valence-electron chi connectivity index (χ0n) is 14.3. The Balaban J connectivity index is 1.94. The molecular formula is C19H19N3O4. The van der Waals surface area contributed by atoms with Crippen LogP contribution in [0.15, 0.2) is 48.5 Å². The second-order valence-corrected chi connectivity index (χ2v) is 5.26. The molecular weight excluding hydrogens is 334 g/mol. The molecule has 0 atom stereocenters. The van der Waals surface area contributed by atoms with Crippen LogP contribution in [-0.2, 0) is 16.1 Å². The van der Waals surface area contributed by atoms with Crippen LogP contribution in [0, 0.1) is 11.3 Å². The number of hydrogen-bond donors (Lipinski definition) is 2. The van der Waals surface area contributed by atoms with Gasteiger partial charge in [-0.1, -0.05) is 30.3 Å². The lowest BCUT2D eigenvalue weighted by Crippen LogP contribution is -2.24. The highest BCUT2D eigenvalue weighted by Crippen LogP contribution is 2.25. The minimum Gasteiger partial charge on any atom is -0.493 e. The summed E-state index contributed by atoms with van der Waals surface area (Å²) in [5.41, 5.74) is 1.29. The van der Waals surface area contributed by atoms with Gasteiger partial charge in [0.25, 0.3) is 5.91 Å². The summed E-state index contributed by atoms with van der Waals surface area (Å²) in [5.74, 6) is 0.308. The summed E-state index contributed by atoms with van der Waals surface area (Å²) in [4.78, 5) is 23.6. The minimum atomic E-state index is -0.367. The van der Waals surface area contributed by atoms with Gasteiger partial charge in [0.1, 0.15) is 6.42 Å². The number of rotatable bonds is 8. The average molecular weight is 353 g/mol. The van der Waals surface area contributed by atoms with Crippen molar-refractivity contribution in [2.75, 3.05) is 19.0 Å². The number of methoxy groups -OCH3 is 1. The Morgan fingerprint density at radius 2 is 1.73 bits per heavy atom. The molecule has 0 aromatic heterocycles. The maximum absolute atomic E-state index is 12.2. The smallest absolute Gasteiger partial charge is 0.262 e. The first kappa shape index (κ1) is 18.8. The Hall–Kier alpha value is -3.53. The van der Waals surface area contributed by atoms with E-state index in [0.717, 1.165) is 5.56 Å². The second-order valence-electron chi connectivity index (χ2n) is 5.26. The van der Waals surface area contributed by atoms with Gasteiger partial charge in [0.2, 0.25) is 5.91 Å². The molecule has 0 unspecified atom stereocenters. The van der Waals surface area contributed by atoms with E-state index in [9.17, 15) is 9.59 Å². The topological polar surface area (TPSA) is 100 Å². The molecule has 0 heterocycles. The SMILES string of the molecule is COc1ccccc1OCC(=O)Nc1ccccc1CNC(=O)CC#N. The Bertz CT molecular complexity index is 814. The summed E-state index contributed by atoms with van der Waals surface area (Å²) in [6, 6.07) is 15.9. The Labute approximate surface area is 151 Å². The average Bonchev–Trinajstić information content (AvgIpc) is 2.66. The summed E-state index contributed by atoms with van der Waals surface area (Å²) < 4.78 is 10.7. The van der Waals surface area contributed by atoms with E-state index < -0.39 is 0 Å². The van der Waals surface area contributed by atoms with Crippen LogP contribution in [0.5, 0.6) is 11.5 Å². The molecule has 134 valence electrons. The van der Waals surface area contributed by atoms with E-state index in [1.54, 1.807) is 48.5 Å². The van der Waals surface area contributed by atoms with Crippen molar-refractivity contribution in [3.05, 3.63) is 54.1 Å². The molecule has 0 aliphatic carbocycles. The molecule has 2 N–H and O–H groups in total. The van der Waals surface area contributed by atoms with Gasteiger partial charge in [-0.05, 0) is 23.8 Å². The molecule has 2 rings (SSSR count). The van der Waals surface area contributed by atoms with Crippen LogP contribution in [0.2, 0.25) is 0 Å². The van der Waals surface area contributed by atoms with Gasteiger partial charge >= 0.3 is 0 Å². The zero-order chi connectivity index (χ0) is 18.8. The van der Waals surface area contributed by atoms with E-state index >= 15 is 0 Å². The van der Waals surface area contributed by atoms with Crippen LogP contribution in [0.3, 0.4) is 0 Å². The summed E-state index contributed by atoms with van der Waals surface area (Å²) >= 11 is 0.